The van der Waals surface area contributed by atoms with E-state index in [1.165, 1.54) is 25.0 Å². The van der Waals surface area contributed by atoms with E-state index in [-0.39, 0.29) is 5.69 Å². The number of hydrogen-bond acceptors (Lipinski definition) is 2. The number of nitrogens with two attached hydrogens (primary N) is 1. The summed E-state index contributed by atoms with van der Waals surface area (Å²) in [6.07, 6.45) is 2.38. The minimum Gasteiger partial charge on any atom is -0.492 e. The van der Waals surface area contributed by atoms with Gasteiger partial charge in [-0.25, -0.2) is 4.39 Å². The molecule has 1 aliphatic carbocycles. The van der Waals surface area contributed by atoms with E-state index in [0.717, 1.165) is 0 Å². The number of anilines is 1. The van der Waals surface area contributed by atoms with Crippen LogP contribution in [-0.2, 0) is 0 Å². The maximum atomic E-state index is 13.0. The number of halogens is 2. The summed E-state index contributed by atoms with van der Waals surface area (Å²) in [4.78, 5) is 0. The zero-order valence-electron chi connectivity index (χ0n) is 7.59. The average Bonchev–Trinajstić information content (AvgIpc) is 2.92. The lowest BCUT2D eigenvalue weighted by Gasteiger charge is -2.08. The van der Waals surface area contributed by atoms with Crippen molar-refractivity contribution in [3.05, 3.63) is 23.0 Å². The van der Waals surface area contributed by atoms with Gasteiger partial charge in [-0.3, -0.25) is 0 Å². The molecule has 0 atom stereocenters. The molecule has 0 bridgehead atoms. The molecular formula is C10H11ClFNO. The first kappa shape index (κ1) is 9.59. The number of ether oxygens (including phenoxy) is 1. The van der Waals surface area contributed by atoms with Crippen molar-refractivity contribution in [3.63, 3.8) is 0 Å². The van der Waals surface area contributed by atoms with E-state index in [4.69, 9.17) is 22.1 Å². The molecule has 0 amide bonds. The first-order valence-electron chi connectivity index (χ1n) is 4.54. The van der Waals surface area contributed by atoms with Crippen LogP contribution >= 0.6 is 11.6 Å². The first-order chi connectivity index (χ1) is 6.66. The minimum atomic E-state index is -0.486. The van der Waals surface area contributed by atoms with Crippen molar-refractivity contribution in [2.75, 3.05) is 12.3 Å². The van der Waals surface area contributed by atoms with Gasteiger partial charge in [-0.1, -0.05) is 11.6 Å². The molecule has 1 fully saturated rings. The maximum absolute atomic E-state index is 13.0. The van der Waals surface area contributed by atoms with Crippen molar-refractivity contribution in [2.45, 2.75) is 12.8 Å². The summed E-state index contributed by atoms with van der Waals surface area (Å²) >= 11 is 5.83. The van der Waals surface area contributed by atoms with Crippen LogP contribution in [0.25, 0.3) is 0 Å². The quantitative estimate of drug-likeness (QED) is 0.787. The Morgan fingerprint density at radius 3 is 2.86 bits per heavy atom. The van der Waals surface area contributed by atoms with Gasteiger partial charge in [-0.05, 0) is 24.8 Å². The minimum absolute atomic E-state index is 0.0498. The van der Waals surface area contributed by atoms with Gasteiger partial charge in [-0.2, -0.15) is 0 Å². The third-order valence-corrected chi connectivity index (χ3v) is 2.52. The molecule has 0 aliphatic heterocycles. The second kappa shape index (κ2) is 3.65. The highest BCUT2D eigenvalue weighted by molar-refractivity contribution is 6.32. The van der Waals surface area contributed by atoms with E-state index in [1.54, 1.807) is 0 Å². The second-order valence-electron chi connectivity index (χ2n) is 3.56. The van der Waals surface area contributed by atoms with Crippen molar-refractivity contribution in [2.24, 2.45) is 5.92 Å². The summed E-state index contributed by atoms with van der Waals surface area (Å²) in [5, 5.41) is 0.365. The molecule has 1 aromatic carbocycles. The molecule has 0 radical (unpaired) electrons. The average molecular weight is 216 g/mol. The summed E-state index contributed by atoms with van der Waals surface area (Å²) in [7, 11) is 0. The molecule has 2 nitrogen and oxygen atoms in total. The van der Waals surface area contributed by atoms with Gasteiger partial charge in [0.15, 0.2) is 0 Å². The van der Waals surface area contributed by atoms with E-state index in [2.05, 4.69) is 0 Å². The lowest BCUT2D eigenvalue weighted by molar-refractivity contribution is 0.298. The Morgan fingerprint density at radius 2 is 2.21 bits per heavy atom. The molecule has 1 saturated carbocycles. The maximum Gasteiger partial charge on any atom is 0.149 e. The molecule has 4 heteroatoms. The van der Waals surface area contributed by atoms with E-state index >= 15 is 0 Å². The van der Waals surface area contributed by atoms with Crippen LogP contribution in [0.5, 0.6) is 5.75 Å². The van der Waals surface area contributed by atoms with Crippen molar-refractivity contribution in [1.29, 1.82) is 0 Å². The molecule has 0 unspecified atom stereocenters. The third kappa shape index (κ3) is 2.10. The SMILES string of the molecule is Nc1cc(Cl)c(OCC2CC2)cc1F. The smallest absolute Gasteiger partial charge is 0.149 e. The highest BCUT2D eigenvalue weighted by Gasteiger charge is 2.22. The van der Waals surface area contributed by atoms with Crippen LogP contribution < -0.4 is 10.5 Å². The Kier molecular flexibility index (Phi) is 2.50. The van der Waals surface area contributed by atoms with E-state index in [1.807, 2.05) is 0 Å². The molecule has 2 rings (SSSR count). The topological polar surface area (TPSA) is 35.2 Å². The number of rotatable bonds is 3. The van der Waals surface area contributed by atoms with Crippen LogP contribution in [0.15, 0.2) is 12.1 Å². The fourth-order valence-electron chi connectivity index (χ4n) is 1.15. The first-order valence-corrected chi connectivity index (χ1v) is 4.92. The van der Waals surface area contributed by atoms with Crippen molar-refractivity contribution < 1.29 is 9.13 Å². The predicted molar refractivity (Wildman–Crippen MR) is 54.0 cm³/mol. The Morgan fingerprint density at radius 1 is 1.50 bits per heavy atom. The summed E-state index contributed by atoms with van der Waals surface area (Å²) in [6, 6.07) is 2.61. The van der Waals surface area contributed by atoms with E-state index < -0.39 is 5.82 Å². The van der Waals surface area contributed by atoms with E-state index in [0.29, 0.717) is 23.3 Å². The molecule has 76 valence electrons. The van der Waals surface area contributed by atoms with Gasteiger partial charge in [-0.15, -0.1) is 0 Å². The molecule has 14 heavy (non-hydrogen) atoms. The van der Waals surface area contributed by atoms with Crippen LogP contribution in [0.3, 0.4) is 0 Å². The van der Waals surface area contributed by atoms with Gasteiger partial charge in [0.2, 0.25) is 0 Å². The standard InChI is InChI=1S/C10H11ClFNO/c11-7-3-9(13)8(12)4-10(7)14-5-6-1-2-6/h3-4,6H,1-2,5,13H2. The van der Waals surface area contributed by atoms with Crippen molar-refractivity contribution >= 4 is 17.3 Å². The van der Waals surface area contributed by atoms with Gasteiger partial charge in [0.05, 0.1) is 17.3 Å². The van der Waals surface area contributed by atoms with Crippen LogP contribution in [0.4, 0.5) is 10.1 Å². The third-order valence-electron chi connectivity index (χ3n) is 2.22. The zero-order valence-corrected chi connectivity index (χ0v) is 8.35. The molecule has 0 aromatic heterocycles. The van der Waals surface area contributed by atoms with Crippen LogP contribution in [-0.4, -0.2) is 6.61 Å². The van der Waals surface area contributed by atoms with Crippen molar-refractivity contribution in [3.8, 4) is 5.75 Å². The Bertz CT molecular complexity index is 352. The molecule has 1 aromatic rings. The largest absolute Gasteiger partial charge is 0.492 e. The number of hydrogen-bond donors (Lipinski definition) is 1. The Hall–Kier alpha value is -0.960. The Balaban J connectivity index is 2.10. The Labute approximate surface area is 86.8 Å². The van der Waals surface area contributed by atoms with Gasteiger partial charge >= 0.3 is 0 Å². The normalized spacial score (nSPS) is 15.6. The second-order valence-corrected chi connectivity index (χ2v) is 3.97. The number of benzene rings is 1. The van der Waals surface area contributed by atoms with Gasteiger partial charge in [0.1, 0.15) is 11.6 Å². The monoisotopic (exact) mass is 215 g/mol. The predicted octanol–water partition coefficient (Wildman–Crippen LogP) is 2.85. The van der Waals surface area contributed by atoms with Gasteiger partial charge < -0.3 is 10.5 Å². The molecule has 0 saturated heterocycles. The summed E-state index contributed by atoms with van der Waals surface area (Å²) in [6.45, 7) is 0.614. The number of nitrogen functional groups attached to an aromatic ring is 1. The molecule has 0 spiro atoms. The molecule has 1 aliphatic rings. The summed E-state index contributed by atoms with van der Waals surface area (Å²) < 4.78 is 18.4. The van der Waals surface area contributed by atoms with Crippen LogP contribution in [0.2, 0.25) is 5.02 Å². The lowest BCUT2D eigenvalue weighted by Crippen LogP contribution is -2.01. The molecule has 0 heterocycles. The van der Waals surface area contributed by atoms with Crippen LogP contribution in [0.1, 0.15) is 12.8 Å². The highest BCUT2D eigenvalue weighted by atomic mass is 35.5. The highest BCUT2D eigenvalue weighted by Crippen LogP contribution is 2.33. The summed E-state index contributed by atoms with van der Waals surface area (Å²) in [5.41, 5.74) is 5.39. The fraction of sp³-hybridized carbons (Fsp3) is 0.400. The zero-order chi connectivity index (χ0) is 10.1. The molecular weight excluding hydrogens is 205 g/mol. The van der Waals surface area contributed by atoms with Gasteiger partial charge in [0.25, 0.3) is 0 Å². The molecule has 2 N–H and O–H groups in total. The van der Waals surface area contributed by atoms with E-state index in [9.17, 15) is 4.39 Å². The van der Waals surface area contributed by atoms with Crippen LogP contribution in [0, 0.1) is 11.7 Å². The summed E-state index contributed by atoms with van der Waals surface area (Å²) in [5.74, 6) is 0.511. The van der Waals surface area contributed by atoms with Gasteiger partial charge in [0, 0.05) is 6.07 Å². The lowest BCUT2D eigenvalue weighted by atomic mass is 10.3. The van der Waals surface area contributed by atoms with Crippen molar-refractivity contribution in [1.82, 2.24) is 0 Å². The fourth-order valence-corrected chi connectivity index (χ4v) is 1.37.